The molecule has 3 rings (SSSR count). The second kappa shape index (κ2) is 10.5. The van der Waals surface area contributed by atoms with Gasteiger partial charge in [0.2, 0.25) is 10.0 Å². The summed E-state index contributed by atoms with van der Waals surface area (Å²) in [5, 5.41) is 25.8. The number of hydrogen-bond donors (Lipinski definition) is 7. The Bertz CT molecular complexity index is 999. The van der Waals surface area contributed by atoms with Gasteiger partial charge in [-0.2, -0.15) is 0 Å². The fourth-order valence-corrected chi connectivity index (χ4v) is 3.76. The second-order valence-electron chi connectivity index (χ2n) is 7.48. The number of rotatable bonds is 12. The average Bonchev–Trinajstić information content (AvgIpc) is 3.34. The smallest absolute Gasteiger partial charge is 0.324 e. The molecular weight excluding hydrogens is 456 g/mol. The molecule has 0 amide bonds. The molecule has 0 bridgehead atoms. The fraction of sp³-hybridized carbons (Fsp3) is 0.333. The number of hydrogen-bond acceptors (Lipinski definition) is 11. The Balaban J connectivity index is 1.66. The van der Waals surface area contributed by atoms with Crippen LogP contribution < -0.4 is 27.1 Å². The summed E-state index contributed by atoms with van der Waals surface area (Å²) in [6.07, 6.45) is 3.92. The van der Waals surface area contributed by atoms with Crippen LogP contribution in [0, 0.1) is 0 Å². The van der Waals surface area contributed by atoms with Crippen molar-refractivity contribution in [3.05, 3.63) is 53.6 Å². The van der Waals surface area contributed by atoms with Crippen molar-refractivity contribution in [2.24, 2.45) is 5.14 Å². The lowest BCUT2D eigenvalue weighted by atomic mass is 10.1. The Hall–Kier alpha value is -3.37. The highest BCUT2D eigenvalue weighted by Crippen LogP contribution is 2.12. The molecule has 0 fully saturated rings. The topological polar surface area (TPSA) is 193 Å². The minimum atomic E-state index is -3.76. The molecule has 0 spiro atoms. The van der Waals surface area contributed by atoms with Gasteiger partial charge < -0.3 is 21.1 Å². The number of aliphatic carboxylic acids is 2. The Morgan fingerprint density at radius 1 is 0.909 bits per heavy atom. The van der Waals surface area contributed by atoms with Gasteiger partial charge in [-0.25, -0.2) is 13.6 Å². The van der Waals surface area contributed by atoms with Crippen LogP contribution in [0.2, 0.25) is 0 Å². The Morgan fingerprint density at radius 2 is 1.39 bits per heavy atom. The maximum atomic E-state index is 11.4. The van der Waals surface area contributed by atoms with Gasteiger partial charge in [0.15, 0.2) is 0 Å². The largest absolute Gasteiger partial charge is 0.480 e. The number of benzene rings is 1. The Labute approximate surface area is 190 Å². The quantitative estimate of drug-likeness (QED) is 0.168. The molecule has 2 aliphatic heterocycles. The summed E-state index contributed by atoms with van der Waals surface area (Å²) in [5.41, 5.74) is 13.8. The first-order valence-corrected chi connectivity index (χ1v) is 11.4. The summed E-state index contributed by atoms with van der Waals surface area (Å²) in [4.78, 5) is 23.9. The van der Waals surface area contributed by atoms with Crippen molar-refractivity contribution in [3.63, 3.8) is 0 Å². The monoisotopic (exact) mass is 482 g/mol. The molecule has 0 unspecified atom stereocenters. The van der Waals surface area contributed by atoms with Crippen LogP contribution in [0.15, 0.2) is 53.0 Å². The van der Waals surface area contributed by atoms with Crippen molar-refractivity contribution in [1.29, 1.82) is 0 Å². The first kappa shape index (κ1) is 24.3. The van der Waals surface area contributed by atoms with Gasteiger partial charge >= 0.3 is 11.9 Å². The molecule has 1 aromatic rings. The third-order valence-corrected chi connectivity index (χ3v) is 5.64. The lowest BCUT2D eigenvalue weighted by Gasteiger charge is -2.23. The highest BCUT2D eigenvalue weighted by atomic mass is 32.2. The van der Waals surface area contributed by atoms with Crippen LogP contribution in [0.5, 0.6) is 0 Å². The SMILES string of the molecule is NS(=O)(=O)c1ccc(CCN(CC2=CN(CC(=O)O)NN2)CC2=CN(CC(=O)O)NN2)cc1. The van der Waals surface area contributed by atoms with Crippen LogP contribution in [0.25, 0.3) is 0 Å². The number of nitrogens with two attached hydrogens (primary N) is 1. The lowest BCUT2D eigenvalue weighted by molar-refractivity contribution is -0.139. The van der Waals surface area contributed by atoms with E-state index in [2.05, 4.69) is 26.8 Å². The van der Waals surface area contributed by atoms with Gasteiger partial charge in [0, 0.05) is 32.0 Å². The van der Waals surface area contributed by atoms with Gasteiger partial charge in [-0.05, 0) is 24.1 Å². The second-order valence-corrected chi connectivity index (χ2v) is 9.04. The van der Waals surface area contributed by atoms with Crippen LogP contribution in [-0.4, -0.2) is 78.2 Å². The van der Waals surface area contributed by atoms with Gasteiger partial charge in [-0.1, -0.05) is 12.1 Å². The number of primary sulfonamides is 1. The van der Waals surface area contributed by atoms with Crippen LogP contribution >= 0.6 is 0 Å². The zero-order chi connectivity index (χ0) is 24.0. The number of nitrogens with zero attached hydrogens (tertiary/aromatic N) is 3. The van der Waals surface area contributed by atoms with E-state index < -0.39 is 22.0 Å². The summed E-state index contributed by atoms with van der Waals surface area (Å²) in [7, 11) is -3.76. The molecule has 1 aromatic carbocycles. The highest BCUT2D eigenvalue weighted by Gasteiger charge is 2.20. The third kappa shape index (κ3) is 7.62. The van der Waals surface area contributed by atoms with E-state index in [1.165, 1.54) is 22.2 Å². The zero-order valence-corrected chi connectivity index (χ0v) is 18.4. The molecule has 33 heavy (non-hydrogen) atoms. The number of nitrogens with one attached hydrogen (secondary N) is 4. The van der Waals surface area contributed by atoms with E-state index in [4.69, 9.17) is 15.4 Å². The van der Waals surface area contributed by atoms with E-state index in [-0.39, 0.29) is 18.0 Å². The normalized spacial score (nSPS) is 15.8. The maximum Gasteiger partial charge on any atom is 0.324 e. The molecule has 0 radical (unpaired) electrons. The van der Waals surface area contributed by atoms with E-state index in [0.717, 1.165) is 17.0 Å². The molecule has 14 nitrogen and oxygen atoms in total. The molecular formula is C18H26N8O6S. The van der Waals surface area contributed by atoms with E-state index >= 15 is 0 Å². The molecule has 0 saturated heterocycles. The molecule has 8 N–H and O–H groups in total. The molecule has 180 valence electrons. The molecule has 0 aliphatic carbocycles. The molecule has 15 heteroatoms. The van der Waals surface area contributed by atoms with Crippen molar-refractivity contribution in [2.75, 3.05) is 32.7 Å². The molecule has 0 aromatic heterocycles. The van der Waals surface area contributed by atoms with E-state index in [9.17, 15) is 18.0 Å². The predicted molar refractivity (Wildman–Crippen MR) is 115 cm³/mol. The first-order chi connectivity index (χ1) is 15.6. The highest BCUT2D eigenvalue weighted by molar-refractivity contribution is 7.89. The Morgan fingerprint density at radius 3 is 1.82 bits per heavy atom. The number of carboxylic acids is 2. The molecule has 2 heterocycles. The zero-order valence-electron chi connectivity index (χ0n) is 17.6. The van der Waals surface area contributed by atoms with Crippen LogP contribution in [0.3, 0.4) is 0 Å². The summed E-state index contributed by atoms with van der Waals surface area (Å²) in [5.74, 6) is -1.96. The first-order valence-electron chi connectivity index (χ1n) is 9.84. The third-order valence-electron chi connectivity index (χ3n) is 4.71. The number of carboxylic acid groups (broad SMARTS) is 2. The van der Waals surface area contributed by atoms with Crippen molar-refractivity contribution >= 4 is 22.0 Å². The van der Waals surface area contributed by atoms with Crippen LogP contribution in [0.1, 0.15) is 5.56 Å². The maximum absolute atomic E-state index is 11.4. The average molecular weight is 483 g/mol. The summed E-state index contributed by atoms with van der Waals surface area (Å²) < 4.78 is 22.9. The summed E-state index contributed by atoms with van der Waals surface area (Å²) >= 11 is 0. The minimum absolute atomic E-state index is 0.0397. The summed E-state index contributed by atoms with van der Waals surface area (Å²) in [6.45, 7) is 1.03. The van der Waals surface area contributed by atoms with Gasteiger partial charge in [0.05, 0.1) is 16.3 Å². The van der Waals surface area contributed by atoms with Crippen LogP contribution in [-0.2, 0) is 26.0 Å². The van der Waals surface area contributed by atoms with E-state index in [0.29, 0.717) is 26.1 Å². The van der Waals surface area contributed by atoms with E-state index in [1.54, 1.807) is 24.5 Å². The van der Waals surface area contributed by atoms with Crippen molar-refractivity contribution in [3.8, 4) is 0 Å². The minimum Gasteiger partial charge on any atom is -0.480 e. The van der Waals surface area contributed by atoms with Crippen molar-refractivity contribution < 1.29 is 28.2 Å². The van der Waals surface area contributed by atoms with Crippen molar-refractivity contribution in [1.82, 2.24) is 36.8 Å². The molecule has 2 aliphatic rings. The Kier molecular flexibility index (Phi) is 7.72. The fourth-order valence-electron chi connectivity index (χ4n) is 3.24. The van der Waals surface area contributed by atoms with Crippen molar-refractivity contribution in [2.45, 2.75) is 11.3 Å². The standard InChI is InChI=1S/C18H26N8O6S/c19-33(31,32)16-3-1-13(2-4-16)5-6-24(7-14-9-25(22-20-14)11-17(27)28)8-15-10-26(23-21-15)12-18(29)30/h1-4,9-10,20-23H,5-8,11-12H2,(H,27,28)(H,29,30)(H2,19,31,32). The van der Waals surface area contributed by atoms with Gasteiger partial charge in [-0.3, -0.25) is 24.5 Å². The summed E-state index contributed by atoms with van der Waals surface area (Å²) in [6, 6.07) is 6.31. The van der Waals surface area contributed by atoms with E-state index in [1.807, 2.05) is 0 Å². The number of hydrazine groups is 4. The van der Waals surface area contributed by atoms with Gasteiger partial charge in [0.25, 0.3) is 0 Å². The number of sulfonamides is 1. The molecule has 0 saturated carbocycles. The molecule has 0 atom stereocenters. The predicted octanol–water partition coefficient (Wildman–Crippen LogP) is -2.32. The number of carbonyl (C=O) groups is 2. The lowest BCUT2D eigenvalue weighted by Crippen LogP contribution is -2.42. The van der Waals surface area contributed by atoms with Gasteiger partial charge in [0.1, 0.15) is 13.1 Å². The van der Waals surface area contributed by atoms with Gasteiger partial charge in [-0.15, -0.1) is 11.1 Å². The van der Waals surface area contributed by atoms with Crippen LogP contribution in [0.4, 0.5) is 0 Å².